The zero-order valence-corrected chi connectivity index (χ0v) is 13.1. The first kappa shape index (κ1) is 14.8. The molecule has 22 heavy (non-hydrogen) atoms. The smallest absolute Gasteiger partial charge is 0.261 e. The summed E-state index contributed by atoms with van der Waals surface area (Å²) in [6, 6.07) is 7.35. The minimum absolute atomic E-state index is 0.0418. The zero-order valence-electron chi connectivity index (χ0n) is 12.3. The van der Waals surface area contributed by atoms with Crippen LogP contribution in [-0.2, 0) is 12.3 Å². The van der Waals surface area contributed by atoms with Crippen LogP contribution < -0.4 is 5.56 Å². The molecular formula is C15H17N5OS. The van der Waals surface area contributed by atoms with E-state index in [9.17, 15) is 4.79 Å². The SMILES string of the molecule is CCCCc1nc(SCn2cnc3ccccc3c2=O)n[nH]1. The van der Waals surface area contributed by atoms with Crippen LogP contribution in [-0.4, -0.2) is 24.7 Å². The van der Waals surface area contributed by atoms with Gasteiger partial charge in [-0.1, -0.05) is 37.2 Å². The Bertz CT molecular complexity index is 826. The Morgan fingerprint density at radius 3 is 3.05 bits per heavy atom. The van der Waals surface area contributed by atoms with E-state index in [1.807, 2.05) is 18.2 Å². The summed E-state index contributed by atoms with van der Waals surface area (Å²) in [6.07, 6.45) is 4.69. The van der Waals surface area contributed by atoms with Crippen LogP contribution in [0.2, 0.25) is 0 Å². The van der Waals surface area contributed by atoms with Gasteiger partial charge in [-0.3, -0.25) is 14.5 Å². The van der Waals surface area contributed by atoms with Crippen LogP contribution in [0.15, 0.2) is 40.5 Å². The van der Waals surface area contributed by atoms with Crippen molar-refractivity contribution < 1.29 is 0 Å². The summed E-state index contributed by atoms with van der Waals surface area (Å²) in [4.78, 5) is 21.1. The number of rotatable bonds is 6. The number of nitrogens with zero attached hydrogens (tertiary/aromatic N) is 4. The van der Waals surface area contributed by atoms with Crippen molar-refractivity contribution in [3.63, 3.8) is 0 Å². The highest BCUT2D eigenvalue weighted by Crippen LogP contribution is 2.15. The van der Waals surface area contributed by atoms with E-state index in [2.05, 4.69) is 27.1 Å². The molecule has 0 aliphatic carbocycles. The fourth-order valence-corrected chi connectivity index (χ4v) is 2.85. The predicted octanol–water partition coefficient (Wildman–Crippen LogP) is 2.61. The molecule has 0 radical (unpaired) electrons. The van der Waals surface area contributed by atoms with Gasteiger partial charge in [0, 0.05) is 6.42 Å². The number of aryl methyl sites for hydroxylation is 1. The molecule has 2 aromatic heterocycles. The second kappa shape index (κ2) is 6.74. The van der Waals surface area contributed by atoms with E-state index < -0.39 is 0 Å². The maximum absolute atomic E-state index is 12.4. The van der Waals surface area contributed by atoms with E-state index in [4.69, 9.17) is 0 Å². The minimum Gasteiger partial charge on any atom is -0.288 e. The Morgan fingerprint density at radius 1 is 1.32 bits per heavy atom. The summed E-state index contributed by atoms with van der Waals surface area (Å²) in [5.41, 5.74) is 0.674. The Morgan fingerprint density at radius 2 is 2.18 bits per heavy atom. The molecule has 0 atom stereocenters. The highest BCUT2D eigenvalue weighted by atomic mass is 32.2. The van der Waals surface area contributed by atoms with Crippen molar-refractivity contribution in [1.29, 1.82) is 0 Å². The molecule has 0 aliphatic rings. The number of unbranched alkanes of at least 4 members (excludes halogenated alkanes) is 1. The highest BCUT2D eigenvalue weighted by molar-refractivity contribution is 7.98. The van der Waals surface area contributed by atoms with Crippen molar-refractivity contribution in [1.82, 2.24) is 24.7 Å². The number of fused-ring (bicyclic) bond motifs is 1. The fourth-order valence-electron chi connectivity index (χ4n) is 2.12. The van der Waals surface area contributed by atoms with Gasteiger partial charge in [-0.2, -0.15) is 0 Å². The van der Waals surface area contributed by atoms with Crippen LogP contribution in [0.4, 0.5) is 0 Å². The number of aromatic amines is 1. The van der Waals surface area contributed by atoms with Gasteiger partial charge >= 0.3 is 0 Å². The van der Waals surface area contributed by atoms with Crippen LogP contribution in [0, 0.1) is 0 Å². The van der Waals surface area contributed by atoms with E-state index in [0.29, 0.717) is 21.9 Å². The van der Waals surface area contributed by atoms with E-state index in [1.165, 1.54) is 11.8 Å². The summed E-state index contributed by atoms with van der Waals surface area (Å²) < 4.78 is 1.58. The van der Waals surface area contributed by atoms with Crippen LogP contribution in [0.5, 0.6) is 0 Å². The number of hydrogen-bond acceptors (Lipinski definition) is 5. The molecule has 1 aromatic carbocycles. The summed E-state index contributed by atoms with van der Waals surface area (Å²) in [7, 11) is 0. The quantitative estimate of drug-likeness (QED) is 0.708. The monoisotopic (exact) mass is 315 g/mol. The highest BCUT2D eigenvalue weighted by Gasteiger charge is 2.07. The number of nitrogens with one attached hydrogen (secondary N) is 1. The van der Waals surface area contributed by atoms with Crippen LogP contribution >= 0.6 is 11.8 Å². The summed E-state index contributed by atoms with van der Waals surface area (Å²) in [5.74, 6) is 1.34. The van der Waals surface area contributed by atoms with Crippen LogP contribution in [0.3, 0.4) is 0 Å². The lowest BCUT2D eigenvalue weighted by Gasteiger charge is -2.04. The first-order valence-electron chi connectivity index (χ1n) is 7.26. The maximum atomic E-state index is 12.4. The second-order valence-electron chi connectivity index (χ2n) is 4.98. The molecule has 114 valence electrons. The standard InChI is InChI=1S/C15H17N5OS/c1-2-3-8-13-17-15(19-18-13)22-10-20-9-16-12-7-5-4-6-11(12)14(20)21/h4-7,9H,2-3,8,10H2,1H3,(H,17,18,19). The number of thioether (sulfide) groups is 1. The van der Waals surface area contributed by atoms with Gasteiger partial charge < -0.3 is 0 Å². The molecule has 0 saturated carbocycles. The van der Waals surface area contributed by atoms with Gasteiger partial charge in [0.25, 0.3) is 5.56 Å². The van der Waals surface area contributed by atoms with Gasteiger partial charge in [0.1, 0.15) is 5.82 Å². The summed E-state index contributed by atoms with van der Waals surface area (Å²) >= 11 is 1.42. The third-order valence-corrected chi connectivity index (χ3v) is 4.19. The van der Waals surface area contributed by atoms with Gasteiger partial charge in [0.15, 0.2) is 0 Å². The fraction of sp³-hybridized carbons (Fsp3) is 0.333. The first-order valence-corrected chi connectivity index (χ1v) is 8.24. The third-order valence-electron chi connectivity index (χ3n) is 3.34. The maximum Gasteiger partial charge on any atom is 0.261 e. The number of para-hydroxylation sites is 1. The van der Waals surface area contributed by atoms with Crippen molar-refractivity contribution in [3.8, 4) is 0 Å². The average Bonchev–Trinajstić information content (AvgIpc) is 3.00. The predicted molar refractivity (Wildman–Crippen MR) is 86.9 cm³/mol. The molecule has 6 nitrogen and oxygen atoms in total. The number of hydrogen-bond donors (Lipinski definition) is 1. The first-order chi connectivity index (χ1) is 10.8. The number of aromatic nitrogens is 5. The normalized spacial score (nSPS) is 11.1. The molecule has 0 fully saturated rings. The molecule has 3 aromatic rings. The topological polar surface area (TPSA) is 76.5 Å². The van der Waals surface area contributed by atoms with Crippen LogP contribution in [0.25, 0.3) is 10.9 Å². The number of H-pyrrole nitrogens is 1. The Labute approximate surface area is 132 Å². The molecule has 1 N–H and O–H groups in total. The van der Waals surface area contributed by atoms with Crippen molar-refractivity contribution in [3.05, 3.63) is 46.8 Å². The second-order valence-corrected chi connectivity index (χ2v) is 5.89. The molecule has 0 unspecified atom stereocenters. The molecule has 0 aliphatic heterocycles. The minimum atomic E-state index is -0.0418. The Kier molecular flexibility index (Phi) is 4.53. The molecule has 0 bridgehead atoms. The molecule has 2 heterocycles. The van der Waals surface area contributed by atoms with Crippen LogP contribution in [0.1, 0.15) is 25.6 Å². The average molecular weight is 315 g/mol. The Balaban J connectivity index is 1.72. The lowest BCUT2D eigenvalue weighted by atomic mass is 10.2. The molecule has 3 rings (SSSR count). The summed E-state index contributed by atoms with van der Waals surface area (Å²) in [5, 5.41) is 8.39. The molecule has 0 saturated heterocycles. The van der Waals surface area contributed by atoms with Crippen molar-refractivity contribution >= 4 is 22.7 Å². The Hall–Kier alpha value is -2.15. The molecular weight excluding hydrogens is 298 g/mol. The molecule has 7 heteroatoms. The van der Waals surface area contributed by atoms with Gasteiger partial charge in [0.2, 0.25) is 5.16 Å². The van der Waals surface area contributed by atoms with Crippen molar-refractivity contribution in [2.75, 3.05) is 0 Å². The van der Waals surface area contributed by atoms with E-state index in [0.717, 1.165) is 25.1 Å². The van der Waals surface area contributed by atoms with E-state index in [-0.39, 0.29) is 5.56 Å². The lowest BCUT2D eigenvalue weighted by Crippen LogP contribution is -2.19. The van der Waals surface area contributed by atoms with Gasteiger partial charge in [-0.15, -0.1) is 5.10 Å². The van der Waals surface area contributed by atoms with Crippen molar-refractivity contribution in [2.24, 2.45) is 0 Å². The van der Waals surface area contributed by atoms with Gasteiger partial charge in [0.05, 0.1) is 23.1 Å². The largest absolute Gasteiger partial charge is 0.288 e. The van der Waals surface area contributed by atoms with E-state index >= 15 is 0 Å². The number of benzene rings is 1. The summed E-state index contributed by atoms with van der Waals surface area (Å²) in [6.45, 7) is 2.14. The molecule has 0 spiro atoms. The molecule has 0 amide bonds. The van der Waals surface area contributed by atoms with Crippen molar-refractivity contribution in [2.45, 2.75) is 37.2 Å². The van der Waals surface area contributed by atoms with Gasteiger partial charge in [-0.25, -0.2) is 9.97 Å². The van der Waals surface area contributed by atoms with Gasteiger partial charge in [-0.05, 0) is 18.6 Å². The zero-order chi connectivity index (χ0) is 15.4. The van der Waals surface area contributed by atoms with E-state index in [1.54, 1.807) is 17.0 Å². The third kappa shape index (κ3) is 3.19. The lowest BCUT2D eigenvalue weighted by molar-refractivity contribution is 0.755.